The molecule has 0 radical (unpaired) electrons. The number of aromatic nitrogens is 1. The van der Waals surface area contributed by atoms with E-state index in [1.165, 1.54) is 6.42 Å². The Labute approximate surface area is 113 Å². The summed E-state index contributed by atoms with van der Waals surface area (Å²) in [5, 5.41) is 4.52. The first-order valence-corrected chi connectivity index (χ1v) is 6.66. The summed E-state index contributed by atoms with van der Waals surface area (Å²) < 4.78 is 5.34. The van der Waals surface area contributed by atoms with Gasteiger partial charge < -0.3 is 15.0 Å². The van der Waals surface area contributed by atoms with Crippen molar-refractivity contribution in [2.75, 3.05) is 32.1 Å². The third-order valence-electron chi connectivity index (χ3n) is 3.87. The Kier molecular flexibility index (Phi) is 3.25. The summed E-state index contributed by atoms with van der Waals surface area (Å²) in [6.45, 7) is 2.15. The van der Waals surface area contributed by atoms with Crippen LogP contribution in [0.25, 0.3) is 10.9 Å². The van der Waals surface area contributed by atoms with E-state index < -0.39 is 0 Å². The van der Waals surface area contributed by atoms with Crippen LogP contribution in [0, 0.1) is 0 Å². The minimum atomic E-state index is 0.560. The Morgan fingerprint density at radius 1 is 1.42 bits per heavy atom. The minimum absolute atomic E-state index is 0.560. The van der Waals surface area contributed by atoms with E-state index in [-0.39, 0.29) is 0 Å². The Bertz CT molecular complexity index is 579. The maximum atomic E-state index is 5.34. The summed E-state index contributed by atoms with van der Waals surface area (Å²) in [6, 6.07) is 8.77. The molecule has 3 rings (SSSR count). The van der Waals surface area contributed by atoms with Gasteiger partial charge in [-0.3, -0.25) is 4.98 Å². The molecule has 4 heteroatoms. The molecule has 1 saturated heterocycles. The van der Waals surface area contributed by atoms with Crippen LogP contribution in [0.3, 0.4) is 0 Å². The molecule has 19 heavy (non-hydrogen) atoms. The average Bonchev–Trinajstić information content (AvgIpc) is 2.99. The van der Waals surface area contributed by atoms with Crippen LogP contribution in [0.15, 0.2) is 30.5 Å². The van der Waals surface area contributed by atoms with Crippen molar-refractivity contribution in [1.29, 1.82) is 0 Å². The van der Waals surface area contributed by atoms with Crippen molar-refractivity contribution < 1.29 is 4.74 Å². The number of likely N-dealkylation sites (N-methyl/N-ethyl adjacent to an activating group) is 1. The van der Waals surface area contributed by atoms with Gasteiger partial charge in [0.2, 0.25) is 0 Å². The maximum Gasteiger partial charge on any atom is 0.145 e. The fourth-order valence-electron chi connectivity index (χ4n) is 2.66. The predicted octanol–water partition coefficient (Wildman–Crippen LogP) is 2.04. The van der Waals surface area contributed by atoms with Crippen molar-refractivity contribution in [3.8, 4) is 5.75 Å². The van der Waals surface area contributed by atoms with Crippen molar-refractivity contribution in [3.63, 3.8) is 0 Å². The Balaban J connectivity index is 1.97. The van der Waals surface area contributed by atoms with Gasteiger partial charge in [-0.05, 0) is 25.1 Å². The van der Waals surface area contributed by atoms with Gasteiger partial charge in [-0.1, -0.05) is 12.1 Å². The Hall–Kier alpha value is -1.81. The first kappa shape index (κ1) is 12.2. The topological polar surface area (TPSA) is 37.4 Å². The summed E-state index contributed by atoms with van der Waals surface area (Å²) in [5.41, 5.74) is 2.08. The van der Waals surface area contributed by atoms with Gasteiger partial charge in [0.05, 0.1) is 19.0 Å². The van der Waals surface area contributed by atoms with E-state index >= 15 is 0 Å². The lowest BCUT2D eigenvalue weighted by Gasteiger charge is -2.25. The fraction of sp³-hybridized carbons (Fsp3) is 0.400. The average molecular weight is 257 g/mol. The highest BCUT2D eigenvalue weighted by Crippen LogP contribution is 2.27. The molecule has 2 heterocycles. The summed E-state index contributed by atoms with van der Waals surface area (Å²) in [5.74, 6) is 0.828. The zero-order valence-electron chi connectivity index (χ0n) is 11.4. The van der Waals surface area contributed by atoms with E-state index in [1.807, 2.05) is 18.3 Å². The second-order valence-corrected chi connectivity index (χ2v) is 4.98. The molecule has 1 atom stereocenters. The van der Waals surface area contributed by atoms with Crippen molar-refractivity contribution in [2.24, 2.45) is 0 Å². The number of methoxy groups -OCH3 is 1. The fourth-order valence-corrected chi connectivity index (χ4v) is 2.66. The molecule has 1 N–H and O–H groups in total. The van der Waals surface area contributed by atoms with Crippen LogP contribution in [0.2, 0.25) is 0 Å². The van der Waals surface area contributed by atoms with Crippen molar-refractivity contribution in [1.82, 2.24) is 10.3 Å². The zero-order valence-corrected chi connectivity index (χ0v) is 11.4. The largest absolute Gasteiger partial charge is 0.494 e. The van der Waals surface area contributed by atoms with Gasteiger partial charge in [0.15, 0.2) is 0 Å². The number of ether oxygens (including phenoxy) is 1. The summed E-state index contributed by atoms with van der Waals surface area (Å²) >= 11 is 0. The highest BCUT2D eigenvalue weighted by Gasteiger charge is 2.19. The van der Waals surface area contributed by atoms with Crippen molar-refractivity contribution >= 4 is 16.6 Å². The highest BCUT2D eigenvalue weighted by atomic mass is 16.5. The standard InChI is InChI=1S/C15H19N3O/c1-18(12-6-7-16-9-12)13-8-11-4-3-5-14(19-2)15(11)17-10-13/h3-5,8,10,12,16H,6-7,9H2,1-2H3. The number of rotatable bonds is 3. The van der Waals surface area contributed by atoms with Crippen LogP contribution in [0.1, 0.15) is 6.42 Å². The zero-order chi connectivity index (χ0) is 13.2. The van der Waals surface area contributed by atoms with E-state index in [0.717, 1.165) is 35.4 Å². The molecule has 1 aromatic carbocycles. The lowest BCUT2D eigenvalue weighted by molar-refractivity contribution is 0.419. The summed E-state index contributed by atoms with van der Waals surface area (Å²) in [7, 11) is 3.82. The molecule has 0 saturated carbocycles. The molecule has 0 amide bonds. The maximum absolute atomic E-state index is 5.34. The second-order valence-electron chi connectivity index (χ2n) is 4.98. The summed E-state index contributed by atoms with van der Waals surface area (Å²) in [6.07, 6.45) is 3.12. The number of anilines is 1. The molecule has 1 aliphatic rings. The number of benzene rings is 1. The van der Waals surface area contributed by atoms with Gasteiger partial charge in [-0.25, -0.2) is 0 Å². The molecule has 2 aromatic rings. The van der Waals surface area contributed by atoms with Crippen LogP contribution in [-0.4, -0.2) is 38.3 Å². The van der Waals surface area contributed by atoms with Crippen molar-refractivity contribution in [3.05, 3.63) is 30.5 Å². The third kappa shape index (κ3) is 2.24. The van der Waals surface area contributed by atoms with Crippen LogP contribution in [0.4, 0.5) is 5.69 Å². The lowest BCUT2D eigenvalue weighted by atomic mass is 10.1. The molecule has 1 aromatic heterocycles. The third-order valence-corrected chi connectivity index (χ3v) is 3.87. The minimum Gasteiger partial charge on any atom is -0.494 e. The molecule has 0 bridgehead atoms. The predicted molar refractivity (Wildman–Crippen MR) is 78.0 cm³/mol. The van der Waals surface area contributed by atoms with Gasteiger partial charge in [-0.2, -0.15) is 0 Å². The van der Waals surface area contributed by atoms with Gasteiger partial charge in [-0.15, -0.1) is 0 Å². The smallest absolute Gasteiger partial charge is 0.145 e. The van der Waals surface area contributed by atoms with E-state index in [0.29, 0.717) is 6.04 Å². The van der Waals surface area contributed by atoms with E-state index in [9.17, 15) is 0 Å². The monoisotopic (exact) mass is 257 g/mol. The van der Waals surface area contributed by atoms with Crippen LogP contribution in [-0.2, 0) is 0 Å². The van der Waals surface area contributed by atoms with E-state index in [2.05, 4.69) is 34.4 Å². The van der Waals surface area contributed by atoms with Crippen molar-refractivity contribution in [2.45, 2.75) is 12.5 Å². The van der Waals surface area contributed by atoms with E-state index in [1.54, 1.807) is 7.11 Å². The number of hydrogen-bond donors (Lipinski definition) is 1. The molecular formula is C15H19N3O. The van der Waals surface area contributed by atoms with Crippen LogP contribution in [0.5, 0.6) is 5.75 Å². The first-order chi connectivity index (χ1) is 9.29. The molecule has 0 spiro atoms. The molecule has 4 nitrogen and oxygen atoms in total. The summed E-state index contributed by atoms with van der Waals surface area (Å²) in [4.78, 5) is 6.87. The van der Waals surface area contributed by atoms with Gasteiger partial charge in [0.1, 0.15) is 11.3 Å². The SMILES string of the molecule is COc1cccc2cc(N(C)C3CCNC3)cnc12. The quantitative estimate of drug-likeness (QED) is 0.913. The second kappa shape index (κ2) is 5.05. The molecular weight excluding hydrogens is 238 g/mol. The number of para-hydroxylation sites is 1. The highest BCUT2D eigenvalue weighted by molar-refractivity contribution is 5.86. The molecule has 1 fully saturated rings. The number of nitrogens with zero attached hydrogens (tertiary/aromatic N) is 2. The van der Waals surface area contributed by atoms with E-state index in [4.69, 9.17) is 4.74 Å². The number of hydrogen-bond acceptors (Lipinski definition) is 4. The lowest BCUT2D eigenvalue weighted by Crippen LogP contribution is -2.33. The molecule has 1 aliphatic heterocycles. The molecule has 100 valence electrons. The normalized spacial score (nSPS) is 18.7. The molecule has 1 unspecified atom stereocenters. The van der Waals surface area contributed by atoms with Gasteiger partial charge in [0, 0.05) is 25.0 Å². The number of pyridine rings is 1. The van der Waals surface area contributed by atoms with Crippen LogP contribution >= 0.6 is 0 Å². The van der Waals surface area contributed by atoms with Crippen LogP contribution < -0.4 is 15.0 Å². The molecule has 0 aliphatic carbocycles. The number of fused-ring (bicyclic) bond motifs is 1. The van der Waals surface area contributed by atoms with Gasteiger partial charge in [0.25, 0.3) is 0 Å². The first-order valence-electron chi connectivity index (χ1n) is 6.66. The Morgan fingerprint density at radius 2 is 2.32 bits per heavy atom. The van der Waals surface area contributed by atoms with Gasteiger partial charge >= 0.3 is 0 Å². The number of nitrogens with one attached hydrogen (secondary N) is 1. The Morgan fingerprint density at radius 3 is 3.05 bits per heavy atom.